The molecule has 55 heavy (non-hydrogen) atoms. The number of hydrogen-bond acceptors (Lipinski definition) is 6. The Morgan fingerprint density at radius 3 is 0.873 bits per heavy atom. The molecule has 0 aromatic heterocycles. The van der Waals surface area contributed by atoms with Gasteiger partial charge in [0.05, 0.1) is 13.2 Å². The van der Waals surface area contributed by atoms with Crippen LogP contribution in [0.15, 0.2) is 0 Å². The molecule has 8 heteroatoms. The molecule has 0 atom stereocenters. The Kier molecular flexibility index (Phi) is 53.0. The molecular weight excluding hydrogens is 727 g/mol. The van der Waals surface area contributed by atoms with Crippen LogP contribution in [0.25, 0.3) is 0 Å². The Morgan fingerprint density at radius 2 is 0.600 bits per heavy atom. The van der Waals surface area contributed by atoms with Crippen LogP contribution in [0, 0.1) is 0 Å². The molecule has 332 valence electrons. The number of unbranched alkanes of at least 4 members (excludes halogenated alkanes) is 28. The minimum atomic E-state index is -0.0418. The van der Waals surface area contributed by atoms with E-state index < -0.39 is 0 Å². The Bertz CT molecular complexity index is 704. The highest BCUT2D eigenvalue weighted by Gasteiger charge is 2.09. The van der Waals surface area contributed by atoms with Gasteiger partial charge in [0.25, 0.3) is 0 Å². The van der Waals surface area contributed by atoms with Crippen molar-refractivity contribution >= 4 is 36.8 Å². The van der Waals surface area contributed by atoms with Crippen molar-refractivity contribution in [3.8, 4) is 0 Å². The van der Waals surface area contributed by atoms with Crippen molar-refractivity contribution in [3.05, 3.63) is 0 Å². The molecular formula is C47H96Cl2N2O4. The van der Waals surface area contributed by atoms with Gasteiger partial charge >= 0.3 is 11.9 Å². The van der Waals surface area contributed by atoms with E-state index in [0.717, 1.165) is 71.1 Å². The number of carbonyl (C=O) groups excluding carboxylic acids is 2. The van der Waals surface area contributed by atoms with Crippen LogP contribution in [-0.4, -0.2) is 75.2 Å². The van der Waals surface area contributed by atoms with Crippen LogP contribution in [0.3, 0.4) is 0 Å². The third-order valence-electron chi connectivity index (χ3n) is 10.8. The lowest BCUT2D eigenvalue weighted by Gasteiger charge is -2.23. The number of esters is 2. The average Bonchev–Trinajstić information content (AvgIpc) is 3.14. The van der Waals surface area contributed by atoms with Gasteiger partial charge in [-0.3, -0.25) is 9.59 Å². The number of rotatable bonds is 44. The molecule has 0 aliphatic heterocycles. The smallest absolute Gasteiger partial charge is 0.305 e. The molecule has 0 aliphatic rings. The monoisotopic (exact) mass is 823 g/mol. The molecule has 0 aliphatic carbocycles. The summed E-state index contributed by atoms with van der Waals surface area (Å²) < 4.78 is 11.1. The van der Waals surface area contributed by atoms with Gasteiger partial charge in [0.2, 0.25) is 0 Å². The van der Waals surface area contributed by atoms with E-state index in [1.165, 1.54) is 167 Å². The summed E-state index contributed by atoms with van der Waals surface area (Å²) in [5.74, 6) is -0.0836. The highest BCUT2D eigenvalue weighted by Crippen LogP contribution is 2.15. The van der Waals surface area contributed by atoms with E-state index in [4.69, 9.17) is 9.47 Å². The molecule has 0 radical (unpaired) electrons. The maximum Gasteiger partial charge on any atom is 0.305 e. The van der Waals surface area contributed by atoms with Crippen molar-refractivity contribution in [3.63, 3.8) is 0 Å². The summed E-state index contributed by atoms with van der Waals surface area (Å²) in [7, 11) is 4.22. The zero-order valence-electron chi connectivity index (χ0n) is 37.3. The van der Waals surface area contributed by atoms with Crippen LogP contribution in [0.2, 0.25) is 0 Å². The lowest BCUT2D eigenvalue weighted by atomic mass is 10.0. The van der Waals surface area contributed by atoms with Crippen LogP contribution in [0.1, 0.15) is 239 Å². The van der Waals surface area contributed by atoms with Crippen molar-refractivity contribution < 1.29 is 19.1 Å². The van der Waals surface area contributed by atoms with E-state index in [9.17, 15) is 9.59 Å². The van der Waals surface area contributed by atoms with Gasteiger partial charge in [-0.25, -0.2) is 0 Å². The number of halogens is 2. The summed E-state index contributed by atoms with van der Waals surface area (Å²) >= 11 is 0. The highest BCUT2D eigenvalue weighted by atomic mass is 35.5. The van der Waals surface area contributed by atoms with Gasteiger partial charge in [0.1, 0.15) is 0 Å². The van der Waals surface area contributed by atoms with Crippen LogP contribution in [0.5, 0.6) is 0 Å². The van der Waals surface area contributed by atoms with E-state index in [-0.39, 0.29) is 36.8 Å². The summed E-state index contributed by atoms with van der Waals surface area (Å²) in [4.78, 5) is 29.2. The Hall–Kier alpha value is -0.560. The highest BCUT2D eigenvalue weighted by molar-refractivity contribution is 5.85. The lowest BCUT2D eigenvalue weighted by molar-refractivity contribution is -0.144. The predicted molar refractivity (Wildman–Crippen MR) is 244 cm³/mol. The quantitative estimate of drug-likeness (QED) is 0.0451. The standard InChI is InChI=1S/C47H94N2O4.2ClH/c1-5-7-9-11-13-15-17-19-21-23-25-27-29-31-33-38-46(50)52-44-36-42-49(41-35-40-48(3)4)43-37-45-53-47(51)39-34-32-30-28-26-24-22-20-18-16-14-12-10-8-6-2;;/h5-45H2,1-4H3;2*1H. The molecule has 0 bridgehead atoms. The predicted octanol–water partition coefficient (Wildman–Crippen LogP) is 14.5. The first kappa shape index (κ1) is 58.8. The summed E-state index contributed by atoms with van der Waals surface area (Å²) in [5, 5.41) is 0. The van der Waals surface area contributed by atoms with Crippen LogP contribution >= 0.6 is 24.8 Å². The van der Waals surface area contributed by atoms with Gasteiger partial charge in [-0.1, -0.05) is 194 Å². The van der Waals surface area contributed by atoms with Crippen molar-refractivity contribution in [2.24, 2.45) is 0 Å². The Balaban J connectivity index is -0.0000135. The van der Waals surface area contributed by atoms with E-state index in [1.54, 1.807) is 0 Å². The summed E-state index contributed by atoms with van der Waals surface area (Å²) in [5.41, 5.74) is 0. The Labute approximate surface area is 356 Å². The minimum Gasteiger partial charge on any atom is -0.466 e. The van der Waals surface area contributed by atoms with E-state index >= 15 is 0 Å². The normalized spacial score (nSPS) is 11.2. The van der Waals surface area contributed by atoms with Crippen molar-refractivity contribution in [2.45, 2.75) is 239 Å². The molecule has 0 unspecified atom stereocenters. The molecule has 0 fully saturated rings. The van der Waals surface area contributed by atoms with E-state index in [1.807, 2.05) is 0 Å². The largest absolute Gasteiger partial charge is 0.466 e. The minimum absolute atomic E-state index is 0. The Morgan fingerprint density at radius 1 is 0.345 bits per heavy atom. The fourth-order valence-corrected chi connectivity index (χ4v) is 7.32. The molecule has 0 saturated heterocycles. The van der Waals surface area contributed by atoms with E-state index in [2.05, 4.69) is 37.7 Å². The lowest BCUT2D eigenvalue weighted by Crippen LogP contribution is -2.31. The molecule has 0 aromatic carbocycles. The van der Waals surface area contributed by atoms with Gasteiger partial charge in [-0.05, 0) is 59.3 Å². The average molecular weight is 824 g/mol. The van der Waals surface area contributed by atoms with Gasteiger partial charge in [0.15, 0.2) is 0 Å². The number of nitrogens with zero attached hydrogens (tertiary/aromatic N) is 2. The van der Waals surface area contributed by atoms with Crippen molar-refractivity contribution in [1.82, 2.24) is 9.80 Å². The van der Waals surface area contributed by atoms with Crippen LogP contribution < -0.4 is 0 Å². The van der Waals surface area contributed by atoms with Crippen LogP contribution in [0.4, 0.5) is 0 Å². The van der Waals surface area contributed by atoms with E-state index in [0.29, 0.717) is 26.1 Å². The SMILES string of the molecule is CCCCCCCCCCCCCCCCCC(=O)OCCCN(CCCOC(=O)CCCCCCCCCCCCCCCCC)CCCN(C)C.Cl.Cl. The first-order valence-electron chi connectivity index (χ1n) is 23.7. The zero-order valence-corrected chi connectivity index (χ0v) is 39.0. The number of carbonyl (C=O) groups is 2. The summed E-state index contributed by atoms with van der Waals surface area (Å²) in [6.07, 6.45) is 43.9. The number of hydrogen-bond donors (Lipinski definition) is 0. The maximum absolute atomic E-state index is 12.3. The molecule has 0 rings (SSSR count). The van der Waals surface area contributed by atoms with Gasteiger partial charge in [-0.2, -0.15) is 0 Å². The fraction of sp³-hybridized carbons (Fsp3) is 0.957. The molecule has 0 N–H and O–H groups in total. The second-order valence-electron chi connectivity index (χ2n) is 16.5. The van der Waals surface area contributed by atoms with Crippen LogP contribution in [-0.2, 0) is 19.1 Å². The summed E-state index contributed by atoms with van der Waals surface area (Å²) in [6.45, 7) is 9.45. The maximum atomic E-state index is 12.3. The fourth-order valence-electron chi connectivity index (χ4n) is 7.32. The molecule has 6 nitrogen and oxygen atoms in total. The zero-order chi connectivity index (χ0) is 38.7. The first-order chi connectivity index (χ1) is 26.0. The molecule has 0 amide bonds. The second-order valence-corrected chi connectivity index (χ2v) is 16.5. The number of ether oxygens (including phenoxy) is 2. The first-order valence-corrected chi connectivity index (χ1v) is 23.7. The third-order valence-corrected chi connectivity index (χ3v) is 10.8. The van der Waals surface area contributed by atoms with Gasteiger partial charge in [0, 0.05) is 25.9 Å². The van der Waals surface area contributed by atoms with Crippen molar-refractivity contribution in [2.75, 3.05) is 53.5 Å². The van der Waals surface area contributed by atoms with Crippen molar-refractivity contribution in [1.29, 1.82) is 0 Å². The molecule has 0 heterocycles. The van der Waals surface area contributed by atoms with Gasteiger partial charge < -0.3 is 19.3 Å². The molecule has 0 spiro atoms. The third kappa shape index (κ3) is 49.5. The topological polar surface area (TPSA) is 59.1 Å². The summed E-state index contributed by atoms with van der Waals surface area (Å²) in [6, 6.07) is 0. The van der Waals surface area contributed by atoms with Gasteiger partial charge in [-0.15, -0.1) is 24.8 Å². The second kappa shape index (κ2) is 49.6. The molecule has 0 aromatic rings. The molecule has 0 saturated carbocycles.